The molecule has 1 unspecified atom stereocenters. The smallest absolute Gasteiger partial charge is 0.311 e. The number of ether oxygens (including phenoxy) is 1. The number of rotatable bonds is 8. The van der Waals surface area contributed by atoms with Gasteiger partial charge in [0.15, 0.2) is 5.13 Å². The average Bonchev–Trinajstić information content (AvgIpc) is 3.33. The topological polar surface area (TPSA) is 68.3 Å². The number of nitrogens with one attached hydrogen (secondary N) is 1. The number of amides is 1. The van der Waals surface area contributed by atoms with Crippen LogP contribution in [0.5, 0.6) is 0 Å². The van der Waals surface area contributed by atoms with Gasteiger partial charge in [-0.3, -0.25) is 9.59 Å². The maximum Gasteiger partial charge on any atom is 0.311 e. The van der Waals surface area contributed by atoms with Gasteiger partial charge in [-0.05, 0) is 31.7 Å². The molecule has 0 radical (unpaired) electrons. The minimum atomic E-state index is -0.301. The minimum Gasteiger partial charge on any atom is -0.466 e. The van der Waals surface area contributed by atoms with E-state index in [1.54, 1.807) is 12.3 Å². The van der Waals surface area contributed by atoms with Crippen molar-refractivity contribution in [3.63, 3.8) is 0 Å². The zero-order chi connectivity index (χ0) is 19.9. The Labute approximate surface area is 177 Å². The number of aromatic nitrogens is 1. The van der Waals surface area contributed by atoms with Gasteiger partial charge in [0.2, 0.25) is 5.91 Å². The van der Waals surface area contributed by atoms with E-state index in [-0.39, 0.29) is 31.6 Å². The molecule has 3 rings (SSSR count). The molecule has 5 nitrogen and oxygen atoms in total. The predicted molar refractivity (Wildman–Crippen MR) is 118 cm³/mol. The number of nitrogens with zero attached hydrogens (tertiary/aromatic N) is 1. The highest BCUT2D eigenvalue weighted by Crippen LogP contribution is 2.35. The second kappa shape index (κ2) is 11.1. The van der Waals surface area contributed by atoms with E-state index in [9.17, 15) is 9.59 Å². The Bertz CT molecular complexity index is 795. The lowest BCUT2D eigenvalue weighted by Crippen LogP contribution is -2.23. The molecule has 6 heteroatoms. The number of hydrogen-bond donors (Lipinski definition) is 1. The van der Waals surface area contributed by atoms with E-state index >= 15 is 0 Å². The van der Waals surface area contributed by atoms with E-state index in [2.05, 4.69) is 41.5 Å². The molecular formula is C23H32N2O3S. The van der Waals surface area contributed by atoms with Gasteiger partial charge in [0.25, 0.3) is 0 Å². The van der Waals surface area contributed by atoms with E-state index in [0.717, 1.165) is 12.0 Å². The molecule has 1 heterocycles. The third-order valence-electron chi connectivity index (χ3n) is 5.25. The Morgan fingerprint density at radius 1 is 1.24 bits per heavy atom. The van der Waals surface area contributed by atoms with Crippen LogP contribution in [0.3, 0.4) is 0 Å². The van der Waals surface area contributed by atoms with Gasteiger partial charge >= 0.3 is 5.97 Å². The number of carbonyl (C=O) groups is 2. The third-order valence-corrected chi connectivity index (χ3v) is 6.06. The van der Waals surface area contributed by atoms with Crippen molar-refractivity contribution in [2.75, 3.05) is 11.9 Å². The van der Waals surface area contributed by atoms with Gasteiger partial charge in [-0.25, -0.2) is 4.98 Å². The molecule has 0 bridgehead atoms. The first-order valence-corrected chi connectivity index (χ1v) is 10.9. The first-order chi connectivity index (χ1) is 13.5. The van der Waals surface area contributed by atoms with E-state index < -0.39 is 0 Å². The number of thiazole rings is 1. The quantitative estimate of drug-likeness (QED) is 0.577. The van der Waals surface area contributed by atoms with Gasteiger partial charge in [-0.15, -0.1) is 11.3 Å². The van der Waals surface area contributed by atoms with Crippen LogP contribution in [0.15, 0.2) is 29.6 Å². The van der Waals surface area contributed by atoms with Gasteiger partial charge in [-0.1, -0.05) is 62.9 Å². The van der Waals surface area contributed by atoms with E-state index in [1.807, 2.05) is 0 Å². The normalized spacial score (nSPS) is 14.8. The molecule has 0 aliphatic heterocycles. The highest BCUT2D eigenvalue weighted by molar-refractivity contribution is 7.13. The Morgan fingerprint density at radius 2 is 1.93 bits per heavy atom. The maximum atomic E-state index is 13.1. The first-order valence-electron chi connectivity index (χ1n) is 10.0. The summed E-state index contributed by atoms with van der Waals surface area (Å²) in [5.74, 6) is 0.103. The maximum absolute atomic E-state index is 13.1. The van der Waals surface area contributed by atoms with Crippen LogP contribution in [0, 0.1) is 12.8 Å². The summed E-state index contributed by atoms with van der Waals surface area (Å²) in [5.41, 5.74) is 2.87. The van der Waals surface area contributed by atoms with Crippen LogP contribution in [-0.4, -0.2) is 23.5 Å². The molecule has 1 amide bonds. The first kappa shape index (κ1) is 23.1. The number of carbonyl (C=O) groups excluding carboxylic acids is 2. The van der Waals surface area contributed by atoms with Gasteiger partial charge in [-0.2, -0.15) is 0 Å². The lowest BCUT2D eigenvalue weighted by Gasteiger charge is -2.20. The van der Waals surface area contributed by atoms with Crippen molar-refractivity contribution in [1.82, 2.24) is 4.98 Å². The summed E-state index contributed by atoms with van der Waals surface area (Å²) < 4.78 is 4.95. The molecule has 0 spiro atoms. The molecule has 1 atom stereocenters. The van der Waals surface area contributed by atoms with Crippen molar-refractivity contribution in [3.8, 4) is 0 Å². The summed E-state index contributed by atoms with van der Waals surface area (Å²) in [6.45, 7) is 4.18. The largest absolute Gasteiger partial charge is 0.466 e. The van der Waals surface area contributed by atoms with E-state index in [0.29, 0.717) is 23.4 Å². The van der Waals surface area contributed by atoms with Crippen molar-refractivity contribution >= 4 is 28.3 Å². The standard InChI is InChI=1S/C22H28N2O3S.CH4/c1-3-27-20(25)13-18-14-28-22(23-18)24-21(26)19(12-16-6-4-5-7-16)17-10-8-15(2)9-11-17;/h8-11,14,16,19H,3-7,12-13H2,1-2H3,(H,23,24,26);1H4. The van der Waals surface area contributed by atoms with Gasteiger partial charge in [0.1, 0.15) is 0 Å². The van der Waals surface area contributed by atoms with Crippen LogP contribution in [0.2, 0.25) is 0 Å². The van der Waals surface area contributed by atoms with Gasteiger partial charge in [0, 0.05) is 5.38 Å². The molecule has 1 fully saturated rings. The highest BCUT2D eigenvalue weighted by atomic mass is 32.1. The van der Waals surface area contributed by atoms with Crippen LogP contribution in [-0.2, 0) is 20.7 Å². The molecule has 2 aromatic rings. The molecule has 1 aliphatic rings. The minimum absolute atomic E-state index is 0. The summed E-state index contributed by atoms with van der Waals surface area (Å²) in [4.78, 5) is 29.1. The highest BCUT2D eigenvalue weighted by Gasteiger charge is 2.27. The molecule has 29 heavy (non-hydrogen) atoms. The van der Waals surface area contributed by atoms with E-state index in [4.69, 9.17) is 4.74 Å². The van der Waals surface area contributed by atoms with Crippen molar-refractivity contribution in [3.05, 3.63) is 46.5 Å². The predicted octanol–water partition coefficient (Wildman–Crippen LogP) is 5.50. The molecule has 1 aromatic carbocycles. The summed E-state index contributed by atoms with van der Waals surface area (Å²) in [7, 11) is 0. The third kappa shape index (κ3) is 6.67. The van der Waals surface area contributed by atoms with Crippen LogP contribution >= 0.6 is 11.3 Å². The van der Waals surface area contributed by atoms with Gasteiger partial charge < -0.3 is 10.1 Å². The Kier molecular flexibility index (Phi) is 8.83. The second-order valence-corrected chi connectivity index (χ2v) is 8.32. The fourth-order valence-electron chi connectivity index (χ4n) is 3.77. The zero-order valence-corrected chi connectivity index (χ0v) is 17.4. The van der Waals surface area contributed by atoms with Crippen LogP contribution in [0.1, 0.15) is 69.2 Å². The summed E-state index contributed by atoms with van der Waals surface area (Å²) in [5, 5.41) is 5.30. The molecule has 1 aromatic heterocycles. The Morgan fingerprint density at radius 3 is 2.59 bits per heavy atom. The van der Waals surface area contributed by atoms with Crippen molar-refractivity contribution < 1.29 is 14.3 Å². The van der Waals surface area contributed by atoms with Crippen LogP contribution < -0.4 is 5.32 Å². The fraction of sp³-hybridized carbons (Fsp3) is 0.522. The number of aryl methyl sites for hydroxylation is 1. The van der Waals surface area contributed by atoms with Crippen LogP contribution in [0.4, 0.5) is 5.13 Å². The Balaban J connectivity index is 0.00000300. The summed E-state index contributed by atoms with van der Waals surface area (Å²) in [6.07, 6.45) is 5.93. The monoisotopic (exact) mass is 416 g/mol. The molecule has 1 saturated carbocycles. The van der Waals surface area contributed by atoms with Crippen molar-refractivity contribution in [1.29, 1.82) is 0 Å². The van der Waals surface area contributed by atoms with E-state index in [1.165, 1.54) is 42.6 Å². The van der Waals surface area contributed by atoms with Crippen molar-refractivity contribution in [2.45, 2.75) is 65.7 Å². The van der Waals surface area contributed by atoms with Crippen molar-refractivity contribution in [2.24, 2.45) is 5.92 Å². The second-order valence-electron chi connectivity index (χ2n) is 7.46. The zero-order valence-electron chi connectivity index (χ0n) is 16.6. The number of anilines is 1. The molecule has 0 saturated heterocycles. The summed E-state index contributed by atoms with van der Waals surface area (Å²) >= 11 is 1.34. The average molecular weight is 417 g/mol. The van der Waals surface area contributed by atoms with Gasteiger partial charge in [0.05, 0.1) is 24.6 Å². The SMILES string of the molecule is C.CCOC(=O)Cc1csc(NC(=O)C(CC2CCCC2)c2ccc(C)cc2)n1. The molecule has 1 aliphatic carbocycles. The molecular weight excluding hydrogens is 384 g/mol. The fourth-order valence-corrected chi connectivity index (χ4v) is 4.48. The lowest BCUT2D eigenvalue weighted by atomic mass is 9.87. The Hall–Kier alpha value is -2.21. The molecule has 158 valence electrons. The van der Waals surface area contributed by atoms with Crippen LogP contribution in [0.25, 0.3) is 0 Å². The number of hydrogen-bond acceptors (Lipinski definition) is 5. The molecule has 1 N–H and O–H groups in total. The number of benzene rings is 1. The summed E-state index contributed by atoms with van der Waals surface area (Å²) in [6, 6.07) is 8.24. The lowest BCUT2D eigenvalue weighted by molar-refractivity contribution is -0.142. The number of esters is 1.